The molecule has 1 aromatic carbocycles. The van der Waals surface area contributed by atoms with E-state index in [1.54, 1.807) is 14.2 Å². The SMILES string of the molecule is CCN(Cc1ccc(OC)c(OC)c1)C(=O)CN1CCOCC(C)C1. The van der Waals surface area contributed by atoms with Gasteiger partial charge in [-0.2, -0.15) is 0 Å². The summed E-state index contributed by atoms with van der Waals surface area (Å²) in [5.74, 6) is 1.98. The Bertz CT molecular complexity index is 564. The molecular formula is C19H30N2O4. The highest BCUT2D eigenvalue weighted by atomic mass is 16.5. The van der Waals surface area contributed by atoms with Crippen LogP contribution in [-0.2, 0) is 16.1 Å². The van der Waals surface area contributed by atoms with Gasteiger partial charge in [-0.05, 0) is 30.5 Å². The number of hydrogen-bond acceptors (Lipinski definition) is 5. The summed E-state index contributed by atoms with van der Waals surface area (Å²) in [6.45, 7) is 9.02. The van der Waals surface area contributed by atoms with Gasteiger partial charge in [0.15, 0.2) is 11.5 Å². The largest absolute Gasteiger partial charge is 0.493 e. The van der Waals surface area contributed by atoms with Gasteiger partial charge in [0.25, 0.3) is 0 Å². The van der Waals surface area contributed by atoms with Crippen molar-refractivity contribution in [3.8, 4) is 11.5 Å². The number of benzene rings is 1. The summed E-state index contributed by atoms with van der Waals surface area (Å²) in [7, 11) is 3.23. The summed E-state index contributed by atoms with van der Waals surface area (Å²) in [5.41, 5.74) is 1.03. The first-order valence-electron chi connectivity index (χ1n) is 8.86. The molecule has 25 heavy (non-hydrogen) atoms. The maximum absolute atomic E-state index is 12.7. The molecule has 6 heteroatoms. The third kappa shape index (κ3) is 5.61. The van der Waals surface area contributed by atoms with Gasteiger partial charge < -0.3 is 19.1 Å². The minimum atomic E-state index is 0.145. The summed E-state index contributed by atoms with van der Waals surface area (Å²) in [6.07, 6.45) is 0. The van der Waals surface area contributed by atoms with E-state index in [0.29, 0.717) is 43.7 Å². The molecule has 1 heterocycles. The zero-order chi connectivity index (χ0) is 18.2. The highest BCUT2D eigenvalue weighted by Gasteiger charge is 2.20. The topological polar surface area (TPSA) is 51.2 Å². The van der Waals surface area contributed by atoms with E-state index in [9.17, 15) is 4.79 Å². The number of likely N-dealkylation sites (N-methyl/N-ethyl adjacent to an activating group) is 1. The Balaban J connectivity index is 2.00. The van der Waals surface area contributed by atoms with Crippen molar-refractivity contribution in [2.45, 2.75) is 20.4 Å². The third-order valence-electron chi connectivity index (χ3n) is 4.44. The van der Waals surface area contributed by atoms with Crippen molar-refractivity contribution in [1.82, 2.24) is 9.80 Å². The van der Waals surface area contributed by atoms with Crippen LogP contribution in [0.1, 0.15) is 19.4 Å². The normalized spacial score (nSPS) is 18.5. The molecule has 1 unspecified atom stereocenters. The molecule has 1 amide bonds. The van der Waals surface area contributed by atoms with E-state index in [2.05, 4.69) is 11.8 Å². The smallest absolute Gasteiger partial charge is 0.237 e. The van der Waals surface area contributed by atoms with Crippen molar-refractivity contribution in [2.75, 3.05) is 53.6 Å². The lowest BCUT2D eigenvalue weighted by atomic mass is 10.1. The first-order chi connectivity index (χ1) is 12.1. The van der Waals surface area contributed by atoms with Gasteiger partial charge in [-0.15, -0.1) is 0 Å². The molecule has 0 aliphatic carbocycles. The predicted octanol–water partition coefficient (Wildman–Crippen LogP) is 2.02. The molecule has 1 aliphatic rings. The second-order valence-electron chi connectivity index (χ2n) is 6.51. The number of ether oxygens (including phenoxy) is 3. The van der Waals surface area contributed by atoms with Crippen LogP contribution in [0.4, 0.5) is 0 Å². The average molecular weight is 350 g/mol. The zero-order valence-corrected chi connectivity index (χ0v) is 15.8. The number of carbonyl (C=O) groups is 1. The van der Waals surface area contributed by atoms with Crippen LogP contribution in [0.15, 0.2) is 18.2 Å². The minimum absolute atomic E-state index is 0.145. The van der Waals surface area contributed by atoms with Gasteiger partial charge in [0.1, 0.15) is 0 Å². The van der Waals surface area contributed by atoms with Gasteiger partial charge in [-0.3, -0.25) is 9.69 Å². The quantitative estimate of drug-likeness (QED) is 0.753. The van der Waals surface area contributed by atoms with Crippen molar-refractivity contribution in [3.63, 3.8) is 0 Å². The van der Waals surface area contributed by atoms with Crippen LogP contribution >= 0.6 is 0 Å². The highest BCUT2D eigenvalue weighted by molar-refractivity contribution is 5.78. The molecule has 1 aromatic rings. The number of methoxy groups -OCH3 is 2. The van der Waals surface area contributed by atoms with E-state index in [4.69, 9.17) is 14.2 Å². The summed E-state index contributed by atoms with van der Waals surface area (Å²) >= 11 is 0. The van der Waals surface area contributed by atoms with E-state index in [-0.39, 0.29) is 5.91 Å². The average Bonchev–Trinajstić information content (AvgIpc) is 2.82. The first kappa shape index (κ1) is 19.5. The molecule has 0 bridgehead atoms. The molecule has 6 nitrogen and oxygen atoms in total. The van der Waals surface area contributed by atoms with Crippen LogP contribution in [0.2, 0.25) is 0 Å². The molecule has 1 saturated heterocycles. The second kappa shape index (κ2) is 9.63. The second-order valence-corrected chi connectivity index (χ2v) is 6.51. The van der Waals surface area contributed by atoms with Gasteiger partial charge >= 0.3 is 0 Å². The number of carbonyl (C=O) groups excluding carboxylic acids is 1. The fraction of sp³-hybridized carbons (Fsp3) is 0.632. The summed E-state index contributed by atoms with van der Waals surface area (Å²) < 4.78 is 16.2. The standard InChI is InChI=1S/C19H30N2O4/c1-5-21(12-16-6-7-17(23-3)18(10-16)24-4)19(22)13-20-8-9-25-14-15(2)11-20/h6-7,10,15H,5,8-9,11-14H2,1-4H3. The Kier molecular flexibility index (Phi) is 7.52. The van der Waals surface area contributed by atoms with Crippen molar-refractivity contribution in [2.24, 2.45) is 5.92 Å². The minimum Gasteiger partial charge on any atom is -0.493 e. The lowest BCUT2D eigenvalue weighted by molar-refractivity contribution is -0.132. The summed E-state index contributed by atoms with van der Waals surface area (Å²) in [6, 6.07) is 5.77. The van der Waals surface area contributed by atoms with Crippen LogP contribution in [0.5, 0.6) is 11.5 Å². The van der Waals surface area contributed by atoms with Crippen molar-refractivity contribution in [1.29, 1.82) is 0 Å². The summed E-state index contributed by atoms with van der Waals surface area (Å²) in [5, 5.41) is 0. The Morgan fingerprint density at radius 1 is 1.32 bits per heavy atom. The molecule has 0 N–H and O–H groups in total. The maximum atomic E-state index is 12.7. The number of hydrogen-bond donors (Lipinski definition) is 0. The predicted molar refractivity (Wildman–Crippen MR) is 97.1 cm³/mol. The lowest BCUT2D eigenvalue weighted by Gasteiger charge is -2.26. The van der Waals surface area contributed by atoms with Gasteiger partial charge in [-0.25, -0.2) is 0 Å². The molecule has 0 radical (unpaired) electrons. The number of nitrogens with zero attached hydrogens (tertiary/aromatic N) is 2. The maximum Gasteiger partial charge on any atom is 0.237 e. The molecule has 0 spiro atoms. The Morgan fingerprint density at radius 3 is 2.76 bits per heavy atom. The van der Waals surface area contributed by atoms with E-state index in [1.807, 2.05) is 30.0 Å². The number of rotatable bonds is 7. The van der Waals surface area contributed by atoms with E-state index < -0.39 is 0 Å². The van der Waals surface area contributed by atoms with Crippen LogP contribution in [0.3, 0.4) is 0 Å². The molecule has 1 atom stereocenters. The van der Waals surface area contributed by atoms with Crippen molar-refractivity contribution >= 4 is 5.91 Å². The van der Waals surface area contributed by atoms with Gasteiger partial charge in [0, 0.05) is 26.2 Å². The molecule has 0 saturated carbocycles. The Morgan fingerprint density at radius 2 is 2.08 bits per heavy atom. The first-order valence-corrected chi connectivity index (χ1v) is 8.86. The third-order valence-corrected chi connectivity index (χ3v) is 4.44. The molecule has 2 rings (SSSR count). The number of amides is 1. The van der Waals surface area contributed by atoms with Gasteiger partial charge in [-0.1, -0.05) is 13.0 Å². The lowest BCUT2D eigenvalue weighted by Crippen LogP contribution is -2.41. The molecule has 140 valence electrons. The fourth-order valence-electron chi connectivity index (χ4n) is 3.07. The Labute approximate surface area is 150 Å². The molecular weight excluding hydrogens is 320 g/mol. The molecule has 1 fully saturated rings. The van der Waals surface area contributed by atoms with E-state index in [0.717, 1.165) is 25.3 Å². The van der Waals surface area contributed by atoms with Gasteiger partial charge in [0.2, 0.25) is 5.91 Å². The van der Waals surface area contributed by atoms with Crippen LogP contribution in [0.25, 0.3) is 0 Å². The molecule has 1 aliphatic heterocycles. The van der Waals surface area contributed by atoms with Crippen molar-refractivity contribution < 1.29 is 19.0 Å². The molecule has 0 aromatic heterocycles. The van der Waals surface area contributed by atoms with Crippen LogP contribution < -0.4 is 9.47 Å². The van der Waals surface area contributed by atoms with E-state index in [1.165, 1.54) is 0 Å². The van der Waals surface area contributed by atoms with Gasteiger partial charge in [0.05, 0.1) is 34.0 Å². The van der Waals surface area contributed by atoms with Crippen LogP contribution in [0, 0.1) is 5.92 Å². The summed E-state index contributed by atoms with van der Waals surface area (Å²) in [4.78, 5) is 16.8. The highest BCUT2D eigenvalue weighted by Crippen LogP contribution is 2.28. The zero-order valence-electron chi connectivity index (χ0n) is 15.8. The fourth-order valence-corrected chi connectivity index (χ4v) is 3.07. The monoisotopic (exact) mass is 350 g/mol. The van der Waals surface area contributed by atoms with Crippen molar-refractivity contribution in [3.05, 3.63) is 23.8 Å². The Hall–Kier alpha value is -1.79. The van der Waals surface area contributed by atoms with Crippen LogP contribution in [-0.4, -0.2) is 69.3 Å². The van der Waals surface area contributed by atoms with E-state index >= 15 is 0 Å².